The lowest BCUT2D eigenvalue weighted by Gasteiger charge is -2.33. The first-order chi connectivity index (χ1) is 6.18. The van der Waals surface area contributed by atoms with Crippen molar-refractivity contribution >= 4 is 12.1 Å². The minimum atomic E-state index is -1.61. The number of carboxylic acid groups (broad SMARTS) is 1. The Hall–Kier alpha value is -1.30. The van der Waals surface area contributed by atoms with Gasteiger partial charge in [-0.2, -0.15) is 0 Å². The highest BCUT2D eigenvalue weighted by Gasteiger charge is 2.56. The van der Waals surface area contributed by atoms with Gasteiger partial charge in [0.15, 0.2) is 11.3 Å². The number of carbonyl (C=O) groups is 2. The van der Waals surface area contributed by atoms with Crippen LogP contribution < -0.4 is 0 Å². The molecule has 6 heteroatoms. The van der Waals surface area contributed by atoms with Crippen LogP contribution in [0.3, 0.4) is 0 Å². The molecule has 1 aliphatic rings. The number of amides is 1. The Morgan fingerprint density at radius 1 is 1.50 bits per heavy atom. The van der Waals surface area contributed by atoms with Gasteiger partial charge in [0.2, 0.25) is 0 Å². The van der Waals surface area contributed by atoms with Gasteiger partial charge in [-0.1, -0.05) is 0 Å². The standard InChI is InChI=1S/C8H13NO5/c1-7(2)8(3,13)9(4-5(10)11)6(12)14-7/h13H,4H2,1-3H3,(H,10,11)/t8-/m0/s1. The van der Waals surface area contributed by atoms with E-state index in [1.807, 2.05) is 0 Å². The van der Waals surface area contributed by atoms with Crippen LogP contribution in [0.2, 0.25) is 0 Å². The molecule has 0 spiro atoms. The van der Waals surface area contributed by atoms with Crippen molar-refractivity contribution in [2.45, 2.75) is 32.1 Å². The minimum Gasteiger partial charge on any atom is -0.480 e. The number of rotatable bonds is 2. The van der Waals surface area contributed by atoms with E-state index in [2.05, 4.69) is 0 Å². The van der Waals surface area contributed by atoms with E-state index in [0.29, 0.717) is 0 Å². The van der Waals surface area contributed by atoms with Crippen molar-refractivity contribution in [3.05, 3.63) is 0 Å². The molecule has 0 aromatic carbocycles. The van der Waals surface area contributed by atoms with Crippen molar-refractivity contribution in [1.29, 1.82) is 0 Å². The summed E-state index contributed by atoms with van der Waals surface area (Å²) in [6.07, 6.45) is -0.817. The third-order valence-electron chi connectivity index (χ3n) is 2.52. The summed E-state index contributed by atoms with van der Waals surface area (Å²) in [5, 5.41) is 18.5. The van der Waals surface area contributed by atoms with Crippen molar-refractivity contribution in [3.63, 3.8) is 0 Å². The van der Waals surface area contributed by atoms with E-state index in [0.717, 1.165) is 4.90 Å². The van der Waals surface area contributed by atoms with Gasteiger partial charge in [-0.15, -0.1) is 0 Å². The van der Waals surface area contributed by atoms with Gasteiger partial charge in [-0.05, 0) is 20.8 Å². The van der Waals surface area contributed by atoms with Crippen LogP contribution in [0.15, 0.2) is 0 Å². The Kier molecular flexibility index (Phi) is 2.19. The van der Waals surface area contributed by atoms with Gasteiger partial charge in [0.25, 0.3) is 0 Å². The summed E-state index contributed by atoms with van der Waals surface area (Å²) >= 11 is 0. The number of hydrogen-bond donors (Lipinski definition) is 2. The first kappa shape index (κ1) is 10.8. The number of carboxylic acids is 1. The topological polar surface area (TPSA) is 87.1 Å². The highest BCUT2D eigenvalue weighted by Crippen LogP contribution is 2.36. The zero-order valence-electron chi connectivity index (χ0n) is 8.27. The maximum atomic E-state index is 11.2. The number of hydrogen-bond acceptors (Lipinski definition) is 4. The summed E-state index contributed by atoms with van der Waals surface area (Å²) in [6.45, 7) is 3.82. The van der Waals surface area contributed by atoms with E-state index < -0.39 is 29.9 Å². The molecule has 1 amide bonds. The molecule has 0 saturated carbocycles. The van der Waals surface area contributed by atoms with Crippen LogP contribution in [-0.2, 0) is 9.53 Å². The number of carbonyl (C=O) groups excluding carboxylic acids is 1. The van der Waals surface area contributed by atoms with Crippen LogP contribution >= 0.6 is 0 Å². The van der Waals surface area contributed by atoms with E-state index in [1.54, 1.807) is 0 Å². The molecule has 1 aliphatic heterocycles. The molecular weight excluding hydrogens is 190 g/mol. The highest BCUT2D eigenvalue weighted by molar-refractivity contribution is 5.79. The maximum Gasteiger partial charge on any atom is 0.413 e. The average molecular weight is 203 g/mol. The Morgan fingerprint density at radius 2 is 2.00 bits per heavy atom. The van der Waals surface area contributed by atoms with Crippen LogP contribution in [0.1, 0.15) is 20.8 Å². The van der Waals surface area contributed by atoms with Crippen molar-refractivity contribution in [2.24, 2.45) is 0 Å². The highest BCUT2D eigenvalue weighted by atomic mass is 16.6. The van der Waals surface area contributed by atoms with Crippen molar-refractivity contribution in [1.82, 2.24) is 4.90 Å². The molecule has 0 aromatic rings. The molecule has 0 aliphatic carbocycles. The monoisotopic (exact) mass is 203 g/mol. The smallest absolute Gasteiger partial charge is 0.413 e. The lowest BCUT2D eigenvalue weighted by molar-refractivity contribution is -0.150. The van der Waals surface area contributed by atoms with Gasteiger partial charge < -0.3 is 14.9 Å². The maximum absolute atomic E-state index is 11.2. The third kappa shape index (κ3) is 1.41. The van der Waals surface area contributed by atoms with Gasteiger partial charge in [0.05, 0.1) is 0 Å². The summed E-state index contributed by atoms with van der Waals surface area (Å²) in [6, 6.07) is 0. The van der Waals surface area contributed by atoms with Crippen molar-refractivity contribution < 1.29 is 24.5 Å². The zero-order valence-corrected chi connectivity index (χ0v) is 8.27. The molecule has 6 nitrogen and oxygen atoms in total. The molecule has 1 fully saturated rings. The third-order valence-corrected chi connectivity index (χ3v) is 2.52. The second-order valence-corrected chi connectivity index (χ2v) is 3.88. The van der Waals surface area contributed by atoms with E-state index in [9.17, 15) is 14.7 Å². The van der Waals surface area contributed by atoms with Crippen molar-refractivity contribution in [2.75, 3.05) is 6.54 Å². The molecule has 1 atom stereocenters. The molecule has 1 rings (SSSR count). The minimum absolute atomic E-state index is 0.574. The number of nitrogens with zero attached hydrogens (tertiary/aromatic N) is 1. The first-order valence-electron chi connectivity index (χ1n) is 4.13. The lowest BCUT2D eigenvalue weighted by Crippen LogP contribution is -2.54. The number of aliphatic hydroxyl groups is 1. The largest absolute Gasteiger partial charge is 0.480 e. The fraction of sp³-hybridized carbons (Fsp3) is 0.750. The van der Waals surface area contributed by atoms with E-state index in [-0.39, 0.29) is 0 Å². The molecular formula is C8H13NO5. The quantitative estimate of drug-likeness (QED) is 0.660. The molecule has 0 unspecified atom stereocenters. The van der Waals surface area contributed by atoms with E-state index in [4.69, 9.17) is 9.84 Å². The molecule has 80 valence electrons. The second-order valence-electron chi connectivity index (χ2n) is 3.88. The van der Waals surface area contributed by atoms with Crippen LogP contribution in [0.25, 0.3) is 0 Å². The summed E-state index contributed by atoms with van der Waals surface area (Å²) in [5.74, 6) is -1.19. The number of aliphatic carboxylic acids is 1. The lowest BCUT2D eigenvalue weighted by atomic mass is 9.96. The zero-order chi connectivity index (χ0) is 11.1. The molecule has 14 heavy (non-hydrogen) atoms. The Labute approximate surface area is 81.1 Å². The number of cyclic esters (lactones) is 1. The SMILES string of the molecule is CC1(C)OC(=O)N(CC(=O)O)[C@@]1(C)O. The first-order valence-corrected chi connectivity index (χ1v) is 4.13. The molecule has 0 aromatic heterocycles. The Bertz CT molecular complexity index is 283. The van der Waals surface area contributed by atoms with E-state index in [1.165, 1.54) is 20.8 Å². The average Bonchev–Trinajstić information content (AvgIpc) is 2.09. The molecule has 1 saturated heterocycles. The fourth-order valence-corrected chi connectivity index (χ4v) is 1.23. The van der Waals surface area contributed by atoms with Crippen LogP contribution in [0.5, 0.6) is 0 Å². The second kappa shape index (κ2) is 2.84. The van der Waals surface area contributed by atoms with Gasteiger partial charge >= 0.3 is 12.1 Å². The molecule has 0 radical (unpaired) electrons. The molecule has 2 N–H and O–H groups in total. The van der Waals surface area contributed by atoms with Gasteiger partial charge in [-0.3, -0.25) is 9.69 Å². The molecule has 0 bridgehead atoms. The number of ether oxygens (including phenoxy) is 1. The Morgan fingerprint density at radius 3 is 2.29 bits per heavy atom. The van der Waals surface area contributed by atoms with Crippen LogP contribution in [-0.4, -0.2) is 45.0 Å². The van der Waals surface area contributed by atoms with Gasteiger partial charge in [-0.25, -0.2) is 4.79 Å². The predicted octanol–water partition coefficient (Wildman–Crippen LogP) is 0.0103. The normalized spacial score (nSPS) is 30.3. The fourth-order valence-electron chi connectivity index (χ4n) is 1.23. The summed E-state index contributed by atoms with van der Waals surface area (Å²) in [5.41, 5.74) is -2.72. The van der Waals surface area contributed by atoms with Crippen LogP contribution in [0, 0.1) is 0 Å². The van der Waals surface area contributed by atoms with Crippen LogP contribution in [0.4, 0.5) is 4.79 Å². The van der Waals surface area contributed by atoms with Gasteiger partial charge in [0, 0.05) is 0 Å². The predicted molar refractivity (Wildman–Crippen MR) is 45.5 cm³/mol. The summed E-state index contributed by atoms with van der Waals surface area (Å²) < 4.78 is 4.85. The van der Waals surface area contributed by atoms with E-state index >= 15 is 0 Å². The molecule has 1 heterocycles. The summed E-state index contributed by atoms with van der Waals surface area (Å²) in [7, 11) is 0. The van der Waals surface area contributed by atoms with Crippen molar-refractivity contribution in [3.8, 4) is 0 Å². The Balaban J connectivity index is 2.96. The van der Waals surface area contributed by atoms with Gasteiger partial charge in [0.1, 0.15) is 6.54 Å². The summed E-state index contributed by atoms with van der Waals surface area (Å²) in [4.78, 5) is 22.4.